The first-order valence-corrected chi connectivity index (χ1v) is 15.0. The van der Waals surface area contributed by atoms with Crippen molar-refractivity contribution in [3.8, 4) is 0 Å². The molecule has 0 aliphatic heterocycles. The van der Waals surface area contributed by atoms with Gasteiger partial charge in [-0.25, -0.2) is 0 Å². The highest BCUT2D eigenvalue weighted by atomic mass is 16.4. The molecular formula is C36H40N2O3. The number of amides is 1. The molecule has 1 unspecified atom stereocenters. The number of hydrogen-bond acceptors (Lipinski definition) is 3. The second-order valence-corrected chi connectivity index (χ2v) is 11.5. The lowest BCUT2D eigenvalue weighted by atomic mass is 9.78. The number of carboxylic acid groups (broad SMARTS) is 1. The molecule has 5 heteroatoms. The fourth-order valence-electron chi connectivity index (χ4n) is 6.20. The molecule has 1 amide bonds. The number of rotatable bonds is 11. The maximum atomic E-state index is 12.6. The number of hydrogen-bond donors (Lipinski definition) is 2. The first kappa shape index (κ1) is 28.5. The normalized spacial score (nSPS) is 14.7. The van der Waals surface area contributed by atoms with E-state index < -0.39 is 11.9 Å². The van der Waals surface area contributed by atoms with Gasteiger partial charge in [-0.1, -0.05) is 101 Å². The van der Waals surface area contributed by atoms with Crippen molar-refractivity contribution in [2.75, 3.05) is 6.54 Å². The molecule has 1 aliphatic rings. The van der Waals surface area contributed by atoms with E-state index in [4.69, 9.17) is 4.98 Å². The van der Waals surface area contributed by atoms with E-state index >= 15 is 0 Å². The number of pyridine rings is 1. The zero-order chi connectivity index (χ0) is 28.9. The first-order chi connectivity index (χ1) is 19.9. The summed E-state index contributed by atoms with van der Waals surface area (Å²) in [6.07, 6.45) is 7.76. The van der Waals surface area contributed by atoms with Crippen LogP contribution in [0.5, 0.6) is 0 Å². The number of nitrogens with zero attached hydrogens (tertiary/aromatic N) is 1. The van der Waals surface area contributed by atoms with E-state index in [0.29, 0.717) is 31.7 Å². The highest BCUT2D eigenvalue weighted by Gasteiger charge is 2.30. The second kappa shape index (κ2) is 12.7. The summed E-state index contributed by atoms with van der Waals surface area (Å²) >= 11 is 0. The Balaban J connectivity index is 1.63. The standard InChI is InChI=1S/C36H40N2O3/c1-4-5-6-7-18-33(39)37-20-19-29-27-14-8-9-17-31(27)38-32-22-25(36(40)41)21-30(35(29)32)28-16-11-13-24-12-10-15-26(23(2)3)34(24)28/h8-17,21,23,25H,4-7,18-20,22H2,1-3H3,(H,37,39)(H,40,41). The molecule has 0 spiro atoms. The van der Waals surface area contributed by atoms with E-state index in [-0.39, 0.29) is 5.91 Å². The molecule has 0 bridgehead atoms. The summed E-state index contributed by atoms with van der Waals surface area (Å²) in [4.78, 5) is 30.0. The van der Waals surface area contributed by atoms with E-state index in [1.54, 1.807) is 0 Å². The number of carbonyl (C=O) groups excluding carboxylic acids is 1. The molecule has 5 rings (SSSR count). The Hall–Kier alpha value is -3.99. The Morgan fingerprint density at radius 3 is 2.54 bits per heavy atom. The molecule has 0 radical (unpaired) electrons. The maximum absolute atomic E-state index is 12.6. The topological polar surface area (TPSA) is 79.3 Å². The molecule has 4 aromatic rings. The average molecular weight is 549 g/mol. The van der Waals surface area contributed by atoms with Crippen LogP contribution >= 0.6 is 0 Å². The van der Waals surface area contributed by atoms with E-state index in [1.165, 1.54) is 5.56 Å². The summed E-state index contributed by atoms with van der Waals surface area (Å²) < 4.78 is 0. The number of benzene rings is 3. The summed E-state index contributed by atoms with van der Waals surface area (Å²) in [5, 5.41) is 16.6. The summed E-state index contributed by atoms with van der Waals surface area (Å²) in [6.45, 7) is 7.08. The van der Waals surface area contributed by atoms with Gasteiger partial charge in [0.25, 0.3) is 0 Å². The number of unbranched alkanes of at least 4 members (excludes halogenated alkanes) is 3. The Labute approximate surface area is 242 Å². The third-order valence-electron chi connectivity index (χ3n) is 8.25. The highest BCUT2D eigenvalue weighted by Crippen LogP contribution is 2.42. The lowest BCUT2D eigenvalue weighted by Crippen LogP contribution is -2.26. The van der Waals surface area contributed by atoms with Crippen molar-refractivity contribution in [2.24, 2.45) is 5.92 Å². The number of fused-ring (bicyclic) bond motifs is 3. The molecule has 5 nitrogen and oxygen atoms in total. The van der Waals surface area contributed by atoms with Gasteiger partial charge in [-0.15, -0.1) is 0 Å². The van der Waals surface area contributed by atoms with Crippen molar-refractivity contribution in [2.45, 2.75) is 71.6 Å². The zero-order valence-electron chi connectivity index (χ0n) is 24.4. The van der Waals surface area contributed by atoms with Crippen molar-refractivity contribution in [3.05, 3.63) is 94.7 Å². The van der Waals surface area contributed by atoms with Crippen LogP contribution in [0.1, 0.15) is 86.7 Å². The minimum absolute atomic E-state index is 0.0886. The minimum Gasteiger partial charge on any atom is -0.481 e. The molecule has 1 atom stereocenters. The fraction of sp³-hybridized carbons (Fsp3) is 0.361. The molecule has 0 fully saturated rings. The number of aliphatic carboxylic acids is 1. The van der Waals surface area contributed by atoms with E-state index in [1.807, 2.05) is 24.3 Å². The van der Waals surface area contributed by atoms with E-state index in [0.717, 1.165) is 75.3 Å². The minimum atomic E-state index is -0.843. The largest absolute Gasteiger partial charge is 0.481 e. The van der Waals surface area contributed by atoms with Crippen LogP contribution < -0.4 is 5.32 Å². The van der Waals surface area contributed by atoms with Crippen molar-refractivity contribution in [1.29, 1.82) is 0 Å². The third kappa shape index (κ3) is 6.04. The monoisotopic (exact) mass is 548 g/mol. The molecule has 41 heavy (non-hydrogen) atoms. The van der Waals surface area contributed by atoms with Crippen LogP contribution in [0, 0.1) is 5.92 Å². The van der Waals surface area contributed by atoms with Gasteiger partial charge in [0.05, 0.1) is 17.1 Å². The summed E-state index contributed by atoms with van der Waals surface area (Å²) in [7, 11) is 0. The van der Waals surface area contributed by atoms with Crippen LogP contribution in [0.15, 0.2) is 66.7 Å². The molecule has 1 aromatic heterocycles. The van der Waals surface area contributed by atoms with Crippen LogP contribution in [0.4, 0.5) is 0 Å². The predicted octanol–water partition coefficient (Wildman–Crippen LogP) is 7.83. The van der Waals surface area contributed by atoms with Gasteiger partial charge in [0.1, 0.15) is 0 Å². The Morgan fingerprint density at radius 1 is 1.00 bits per heavy atom. The predicted molar refractivity (Wildman–Crippen MR) is 167 cm³/mol. The Morgan fingerprint density at radius 2 is 1.78 bits per heavy atom. The van der Waals surface area contributed by atoms with Crippen LogP contribution in [-0.2, 0) is 22.4 Å². The molecular weight excluding hydrogens is 508 g/mol. The van der Waals surface area contributed by atoms with Gasteiger partial charge < -0.3 is 10.4 Å². The van der Waals surface area contributed by atoms with Crippen molar-refractivity contribution >= 4 is 39.1 Å². The number of aromatic nitrogens is 1. The molecule has 0 saturated heterocycles. The van der Waals surface area contributed by atoms with Gasteiger partial charge in [-0.2, -0.15) is 0 Å². The lowest BCUT2D eigenvalue weighted by Gasteiger charge is -2.27. The smallest absolute Gasteiger partial charge is 0.310 e. The van der Waals surface area contributed by atoms with Crippen LogP contribution in [-0.4, -0.2) is 28.5 Å². The second-order valence-electron chi connectivity index (χ2n) is 11.5. The van der Waals surface area contributed by atoms with Gasteiger partial charge in [0.2, 0.25) is 5.91 Å². The van der Waals surface area contributed by atoms with Crippen molar-refractivity contribution < 1.29 is 14.7 Å². The summed E-state index contributed by atoms with van der Waals surface area (Å²) in [5.74, 6) is -1.11. The lowest BCUT2D eigenvalue weighted by molar-refractivity contribution is -0.140. The van der Waals surface area contributed by atoms with Crippen LogP contribution in [0.25, 0.3) is 27.2 Å². The number of carbonyl (C=O) groups is 2. The Kier molecular flexibility index (Phi) is 8.82. The van der Waals surface area contributed by atoms with Gasteiger partial charge in [0, 0.05) is 30.3 Å². The van der Waals surface area contributed by atoms with Gasteiger partial charge >= 0.3 is 5.97 Å². The SMILES string of the molecule is CCCCCCC(=O)NCCc1c2c(nc3ccccc13)CC(C(=O)O)C=C2c1cccc2cccc(C(C)C)c12. The molecule has 212 valence electrons. The maximum Gasteiger partial charge on any atom is 0.310 e. The van der Waals surface area contributed by atoms with Gasteiger partial charge in [-0.3, -0.25) is 14.6 Å². The average Bonchev–Trinajstić information content (AvgIpc) is 2.97. The van der Waals surface area contributed by atoms with E-state index in [2.05, 4.69) is 68.6 Å². The molecule has 1 aliphatic carbocycles. The zero-order valence-corrected chi connectivity index (χ0v) is 24.4. The van der Waals surface area contributed by atoms with Gasteiger partial charge in [0.15, 0.2) is 0 Å². The summed E-state index contributed by atoms with van der Waals surface area (Å²) in [5.41, 5.74) is 7.01. The molecule has 2 N–H and O–H groups in total. The van der Waals surface area contributed by atoms with Crippen LogP contribution in [0.2, 0.25) is 0 Å². The van der Waals surface area contributed by atoms with E-state index in [9.17, 15) is 14.7 Å². The highest BCUT2D eigenvalue weighted by molar-refractivity contribution is 6.03. The molecule has 1 heterocycles. The quantitative estimate of drug-likeness (QED) is 0.187. The number of para-hydroxylation sites is 1. The number of nitrogens with one attached hydrogen (secondary N) is 1. The number of carboxylic acids is 1. The van der Waals surface area contributed by atoms with Gasteiger partial charge in [-0.05, 0) is 57.9 Å². The van der Waals surface area contributed by atoms with Crippen LogP contribution in [0.3, 0.4) is 0 Å². The van der Waals surface area contributed by atoms with Crippen molar-refractivity contribution in [3.63, 3.8) is 0 Å². The fourth-order valence-corrected chi connectivity index (χ4v) is 6.20. The molecule has 3 aromatic carbocycles. The Bertz CT molecular complexity index is 1610. The summed E-state index contributed by atoms with van der Waals surface area (Å²) in [6, 6.07) is 20.8. The third-order valence-corrected chi connectivity index (χ3v) is 8.25. The first-order valence-electron chi connectivity index (χ1n) is 15.0. The molecule has 0 saturated carbocycles. The van der Waals surface area contributed by atoms with Crippen molar-refractivity contribution in [1.82, 2.24) is 10.3 Å².